The van der Waals surface area contributed by atoms with Gasteiger partial charge in [0.15, 0.2) is 17.0 Å². The smallest absolute Gasteiger partial charge is 0.239 e. The summed E-state index contributed by atoms with van der Waals surface area (Å²) >= 11 is 0. The highest BCUT2D eigenvalue weighted by molar-refractivity contribution is 5.86. The largest absolute Gasteiger partial charge is 0.378 e. The molecule has 7 rings (SSSR count). The van der Waals surface area contributed by atoms with Gasteiger partial charge in [-0.25, -0.2) is 14.4 Å². The van der Waals surface area contributed by atoms with Crippen LogP contribution in [0.2, 0.25) is 0 Å². The van der Waals surface area contributed by atoms with Crippen molar-refractivity contribution in [3.8, 4) is 5.95 Å². The summed E-state index contributed by atoms with van der Waals surface area (Å²) < 4.78 is 23.2. The molecule has 39 heavy (non-hydrogen) atoms. The highest BCUT2D eigenvalue weighted by Crippen LogP contribution is 2.29. The fourth-order valence-electron chi connectivity index (χ4n) is 6.25. The molecule has 11 heteroatoms. The van der Waals surface area contributed by atoms with E-state index in [0.29, 0.717) is 38.3 Å². The Hall–Kier alpha value is -3.15. The minimum absolute atomic E-state index is 0.507. The second-order valence-corrected chi connectivity index (χ2v) is 11.0. The summed E-state index contributed by atoms with van der Waals surface area (Å²) in [6.07, 6.45) is 2.29. The van der Waals surface area contributed by atoms with Gasteiger partial charge in [0, 0.05) is 58.8 Å². The molecule has 0 amide bonds. The average molecular weight is 534 g/mol. The van der Waals surface area contributed by atoms with Crippen LogP contribution in [0.3, 0.4) is 0 Å². The number of hydrogen-bond donors (Lipinski definition) is 0. The molecule has 0 N–H and O–H groups in total. The molecule has 0 radical (unpaired) electrons. The van der Waals surface area contributed by atoms with Crippen LogP contribution >= 0.6 is 0 Å². The molecule has 3 saturated heterocycles. The quantitative estimate of drug-likeness (QED) is 0.374. The number of imidazole rings is 2. The van der Waals surface area contributed by atoms with Gasteiger partial charge in [0.25, 0.3) is 0 Å². The van der Waals surface area contributed by atoms with Crippen LogP contribution < -0.4 is 4.90 Å². The number of piperidine rings is 1. The minimum atomic E-state index is -0.636. The second kappa shape index (κ2) is 10.1. The van der Waals surface area contributed by atoms with Crippen LogP contribution in [0.1, 0.15) is 31.4 Å². The van der Waals surface area contributed by atoms with Crippen molar-refractivity contribution in [2.45, 2.75) is 44.9 Å². The number of aromatic nitrogens is 6. The second-order valence-electron chi connectivity index (χ2n) is 11.0. The van der Waals surface area contributed by atoms with E-state index in [4.69, 9.17) is 24.7 Å². The Morgan fingerprint density at radius 3 is 2.46 bits per heavy atom. The number of nitrogens with zero attached hydrogens (tertiary/aromatic N) is 9. The molecule has 4 aromatic rings. The first-order valence-electron chi connectivity index (χ1n) is 14.2. The molecule has 3 aliphatic rings. The van der Waals surface area contributed by atoms with Crippen molar-refractivity contribution < 1.29 is 9.13 Å². The number of benzene rings is 1. The lowest BCUT2D eigenvalue weighted by atomic mass is 9.99. The maximum atomic E-state index is 13.3. The monoisotopic (exact) mass is 533 g/mol. The van der Waals surface area contributed by atoms with E-state index in [1.807, 2.05) is 18.2 Å². The molecule has 0 spiro atoms. The number of anilines is 1. The first-order chi connectivity index (χ1) is 19.1. The molecule has 0 aliphatic carbocycles. The molecule has 3 fully saturated rings. The van der Waals surface area contributed by atoms with Crippen LogP contribution in [0.5, 0.6) is 0 Å². The van der Waals surface area contributed by atoms with Crippen LogP contribution in [0.25, 0.3) is 28.1 Å². The first kappa shape index (κ1) is 24.9. The Bertz CT molecular complexity index is 1480. The summed E-state index contributed by atoms with van der Waals surface area (Å²) in [6, 6.07) is 8.67. The number of halogens is 1. The number of para-hydroxylation sites is 2. The average Bonchev–Trinajstić information content (AvgIpc) is 3.49. The summed E-state index contributed by atoms with van der Waals surface area (Å²) in [5.41, 5.74) is 3.62. The summed E-state index contributed by atoms with van der Waals surface area (Å²) in [5.74, 6) is 3.42. The molecule has 1 aromatic carbocycles. The van der Waals surface area contributed by atoms with Gasteiger partial charge >= 0.3 is 0 Å². The van der Waals surface area contributed by atoms with Crippen molar-refractivity contribution in [2.24, 2.45) is 7.05 Å². The van der Waals surface area contributed by atoms with E-state index in [1.165, 1.54) is 0 Å². The van der Waals surface area contributed by atoms with Crippen molar-refractivity contribution in [1.29, 1.82) is 0 Å². The van der Waals surface area contributed by atoms with E-state index in [9.17, 15) is 4.39 Å². The van der Waals surface area contributed by atoms with Crippen molar-refractivity contribution in [3.63, 3.8) is 0 Å². The predicted octanol–water partition coefficient (Wildman–Crippen LogP) is 2.72. The van der Waals surface area contributed by atoms with Crippen LogP contribution in [0.15, 0.2) is 24.3 Å². The maximum absolute atomic E-state index is 13.3. The number of hydrogen-bond acceptors (Lipinski definition) is 8. The van der Waals surface area contributed by atoms with Gasteiger partial charge in [-0.2, -0.15) is 9.97 Å². The molecule has 3 aliphatic heterocycles. The molecule has 3 aromatic heterocycles. The van der Waals surface area contributed by atoms with Crippen LogP contribution in [-0.4, -0.2) is 104 Å². The zero-order chi connectivity index (χ0) is 26.5. The molecule has 0 saturated carbocycles. The van der Waals surface area contributed by atoms with E-state index in [1.54, 1.807) is 0 Å². The third-order valence-corrected chi connectivity index (χ3v) is 8.54. The van der Waals surface area contributed by atoms with Crippen molar-refractivity contribution in [3.05, 3.63) is 35.9 Å². The lowest BCUT2D eigenvalue weighted by Gasteiger charge is -2.44. The maximum Gasteiger partial charge on any atom is 0.239 e. The van der Waals surface area contributed by atoms with Gasteiger partial charge in [-0.3, -0.25) is 14.4 Å². The van der Waals surface area contributed by atoms with Gasteiger partial charge in [-0.1, -0.05) is 19.1 Å². The number of ether oxygens (including phenoxy) is 1. The van der Waals surface area contributed by atoms with Crippen molar-refractivity contribution in [2.75, 3.05) is 57.4 Å². The van der Waals surface area contributed by atoms with Crippen LogP contribution in [-0.2, 0) is 24.8 Å². The van der Waals surface area contributed by atoms with E-state index in [0.717, 1.165) is 91.7 Å². The Kier molecular flexibility index (Phi) is 6.44. The molecule has 0 unspecified atom stereocenters. The van der Waals surface area contributed by atoms with Crippen LogP contribution in [0, 0.1) is 0 Å². The number of morpholine rings is 1. The summed E-state index contributed by atoms with van der Waals surface area (Å²) in [5, 5.41) is 0. The van der Waals surface area contributed by atoms with Crippen LogP contribution in [0.4, 0.5) is 10.2 Å². The van der Waals surface area contributed by atoms with Gasteiger partial charge in [0.05, 0.1) is 30.8 Å². The molecular formula is C28H36FN9O. The molecule has 10 nitrogen and oxygen atoms in total. The van der Waals surface area contributed by atoms with Gasteiger partial charge in [-0.05, 0) is 25.0 Å². The third-order valence-electron chi connectivity index (χ3n) is 8.54. The SMILES string of the molecule is CCc1nc2ccccc2n1-c1nc(N2CCOCC2)c2nc(CN3CCC(N4CC(F)C4)CC3)n(C)c2n1. The molecule has 6 heterocycles. The van der Waals surface area contributed by atoms with E-state index >= 15 is 0 Å². The molecule has 0 atom stereocenters. The number of fused-ring (bicyclic) bond motifs is 2. The zero-order valence-corrected chi connectivity index (χ0v) is 22.8. The van der Waals surface area contributed by atoms with Crippen molar-refractivity contribution >= 4 is 28.0 Å². The fraction of sp³-hybridized carbons (Fsp3) is 0.571. The Labute approximate surface area is 227 Å². The Morgan fingerprint density at radius 1 is 0.949 bits per heavy atom. The summed E-state index contributed by atoms with van der Waals surface area (Å²) in [7, 11) is 2.06. The van der Waals surface area contributed by atoms with E-state index in [-0.39, 0.29) is 0 Å². The van der Waals surface area contributed by atoms with Gasteiger partial charge < -0.3 is 14.2 Å². The van der Waals surface area contributed by atoms with Gasteiger partial charge in [0.2, 0.25) is 5.95 Å². The highest BCUT2D eigenvalue weighted by Gasteiger charge is 2.34. The Morgan fingerprint density at radius 2 is 1.72 bits per heavy atom. The third kappa shape index (κ3) is 4.46. The molecule has 206 valence electrons. The lowest BCUT2D eigenvalue weighted by Crippen LogP contribution is -2.56. The number of alkyl halides is 1. The summed E-state index contributed by atoms with van der Waals surface area (Å²) in [4.78, 5) is 27.3. The lowest BCUT2D eigenvalue weighted by molar-refractivity contribution is 0.000858. The molecular weight excluding hydrogens is 497 g/mol. The fourth-order valence-corrected chi connectivity index (χ4v) is 6.25. The minimum Gasteiger partial charge on any atom is -0.378 e. The van der Waals surface area contributed by atoms with Gasteiger partial charge in [-0.15, -0.1) is 0 Å². The topological polar surface area (TPSA) is 80.4 Å². The first-order valence-corrected chi connectivity index (χ1v) is 14.2. The molecule has 0 bridgehead atoms. The van der Waals surface area contributed by atoms with E-state index < -0.39 is 6.17 Å². The van der Waals surface area contributed by atoms with E-state index in [2.05, 4.69) is 43.9 Å². The van der Waals surface area contributed by atoms with Crippen molar-refractivity contribution in [1.82, 2.24) is 38.9 Å². The Balaban J connectivity index is 1.25. The number of aryl methyl sites for hydroxylation is 2. The summed E-state index contributed by atoms with van der Waals surface area (Å²) in [6.45, 7) is 8.96. The zero-order valence-electron chi connectivity index (χ0n) is 22.8. The highest BCUT2D eigenvalue weighted by atomic mass is 19.1. The standard InChI is InChI=1S/C28H36FN9O/c1-3-23-30-21-6-4-5-7-22(21)38(23)28-32-26-25(27(33-28)36-12-14-39-15-13-36)31-24(34(26)2)18-35-10-8-20(9-11-35)37-16-19(29)17-37/h4-7,19-20H,3,8-18H2,1-2H3. The predicted molar refractivity (Wildman–Crippen MR) is 148 cm³/mol. The normalized spacial score (nSPS) is 20.3. The van der Waals surface area contributed by atoms with Gasteiger partial charge in [0.1, 0.15) is 17.8 Å². The number of likely N-dealkylation sites (tertiary alicyclic amines) is 2. The number of rotatable bonds is 6.